The SMILES string of the molecule is CCOc1ccc(N2C(=O)c3ccc(C(=O)NC(C)Cn4ccnc4)cc3C2=O)cc1. The van der Waals surface area contributed by atoms with E-state index in [9.17, 15) is 14.4 Å². The lowest BCUT2D eigenvalue weighted by Gasteiger charge is -2.15. The first-order chi connectivity index (χ1) is 15.0. The van der Waals surface area contributed by atoms with Gasteiger partial charge < -0.3 is 14.6 Å². The van der Waals surface area contributed by atoms with E-state index in [-0.39, 0.29) is 23.1 Å². The van der Waals surface area contributed by atoms with Crippen LogP contribution in [0.5, 0.6) is 5.75 Å². The smallest absolute Gasteiger partial charge is 0.266 e. The fraction of sp³-hybridized carbons (Fsp3) is 0.217. The predicted molar refractivity (Wildman–Crippen MR) is 114 cm³/mol. The minimum atomic E-state index is -0.453. The van der Waals surface area contributed by atoms with Crippen LogP contribution < -0.4 is 15.0 Å². The molecule has 0 radical (unpaired) electrons. The maximum atomic E-state index is 13.0. The van der Waals surface area contributed by atoms with Crippen LogP contribution in [0.1, 0.15) is 44.9 Å². The molecular formula is C23H22N4O4. The van der Waals surface area contributed by atoms with E-state index in [0.717, 1.165) is 4.90 Å². The van der Waals surface area contributed by atoms with Crippen LogP contribution in [0.15, 0.2) is 61.2 Å². The zero-order valence-electron chi connectivity index (χ0n) is 17.2. The normalized spacial score (nSPS) is 13.8. The summed E-state index contributed by atoms with van der Waals surface area (Å²) in [5.41, 5.74) is 1.27. The van der Waals surface area contributed by atoms with Crippen molar-refractivity contribution in [3.8, 4) is 5.75 Å². The average molecular weight is 418 g/mol. The van der Waals surface area contributed by atoms with Gasteiger partial charge in [0, 0.05) is 30.5 Å². The highest BCUT2D eigenvalue weighted by Gasteiger charge is 2.37. The van der Waals surface area contributed by atoms with Crippen LogP contribution in [0.2, 0.25) is 0 Å². The Labute approximate surface area is 179 Å². The number of nitrogens with one attached hydrogen (secondary N) is 1. The number of fused-ring (bicyclic) bond motifs is 1. The van der Waals surface area contributed by atoms with Crippen LogP contribution in [-0.2, 0) is 6.54 Å². The van der Waals surface area contributed by atoms with Crippen LogP contribution in [-0.4, -0.2) is 39.9 Å². The zero-order chi connectivity index (χ0) is 22.0. The largest absolute Gasteiger partial charge is 0.494 e. The third-order valence-electron chi connectivity index (χ3n) is 4.98. The molecule has 1 aliphatic heterocycles. The van der Waals surface area contributed by atoms with E-state index in [4.69, 9.17) is 4.74 Å². The average Bonchev–Trinajstić information content (AvgIpc) is 3.35. The Morgan fingerprint density at radius 1 is 1.10 bits per heavy atom. The number of hydrogen-bond acceptors (Lipinski definition) is 5. The third kappa shape index (κ3) is 4.05. The molecule has 0 saturated heterocycles. The number of hydrogen-bond donors (Lipinski definition) is 1. The molecule has 2 aromatic carbocycles. The summed E-state index contributed by atoms with van der Waals surface area (Å²) in [7, 11) is 0. The predicted octanol–water partition coefficient (Wildman–Crippen LogP) is 2.90. The van der Waals surface area contributed by atoms with Gasteiger partial charge in [0.15, 0.2) is 0 Å². The van der Waals surface area contributed by atoms with E-state index in [1.165, 1.54) is 12.1 Å². The molecule has 158 valence electrons. The lowest BCUT2D eigenvalue weighted by atomic mass is 10.1. The Kier molecular flexibility index (Phi) is 5.53. The second-order valence-corrected chi connectivity index (χ2v) is 7.27. The molecule has 1 atom stereocenters. The Morgan fingerprint density at radius 3 is 2.52 bits per heavy atom. The summed E-state index contributed by atoms with van der Waals surface area (Å²) in [6.45, 7) is 4.86. The van der Waals surface area contributed by atoms with E-state index in [0.29, 0.717) is 30.2 Å². The number of amides is 3. The van der Waals surface area contributed by atoms with Gasteiger partial charge in [0.25, 0.3) is 17.7 Å². The number of imide groups is 1. The van der Waals surface area contributed by atoms with Crippen molar-refractivity contribution < 1.29 is 19.1 Å². The summed E-state index contributed by atoms with van der Waals surface area (Å²) in [5, 5.41) is 2.90. The molecule has 1 N–H and O–H groups in total. The molecule has 3 amide bonds. The van der Waals surface area contributed by atoms with E-state index in [2.05, 4.69) is 10.3 Å². The molecule has 4 rings (SSSR count). The number of carbonyl (C=O) groups excluding carboxylic acids is 3. The second-order valence-electron chi connectivity index (χ2n) is 7.27. The van der Waals surface area contributed by atoms with Crippen molar-refractivity contribution >= 4 is 23.4 Å². The Bertz CT molecular complexity index is 1120. The monoisotopic (exact) mass is 418 g/mol. The van der Waals surface area contributed by atoms with Gasteiger partial charge in [-0.1, -0.05) is 0 Å². The molecular weight excluding hydrogens is 396 g/mol. The van der Waals surface area contributed by atoms with Gasteiger partial charge in [-0.05, 0) is 56.3 Å². The standard InChI is InChI=1S/C23H22N4O4/c1-3-31-18-7-5-17(6-8-18)27-22(29)19-9-4-16(12-20(19)23(27)30)21(28)25-15(2)13-26-11-10-24-14-26/h4-12,14-15H,3,13H2,1-2H3,(H,25,28). The topological polar surface area (TPSA) is 93.5 Å². The Balaban J connectivity index is 1.51. The van der Waals surface area contributed by atoms with Crippen LogP contribution in [0.3, 0.4) is 0 Å². The molecule has 1 aliphatic rings. The van der Waals surface area contributed by atoms with Crippen LogP contribution in [0, 0.1) is 0 Å². The molecule has 1 unspecified atom stereocenters. The van der Waals surface area contributed by atoms with Gasteiger partial charge in [-0.2, -0.15) is 0 Å². The number of ether oxygens (including phenoxy) is 1. The first-order valence-corrected chi connectivity index (χ1v) is 10.00. The zero-order valence-corrected chi connectivity index (χ0v) is 17.2. The first kappa shape index (κ1) is 20.3. The minimum Gasteiger partial charge on any atom is -0.494 e. The molecule has 8 heteroatoms. The van der Waals surface area contributed by atoms with Crippen molar-refractivity contribution in [1.82, 2.24) is 14.9 Å². The summed E-state index contributed by atoms with van der Waals surface area (Å²) < 4.78 is 7.27. The lowest BCUT2D eigenvalue weighted by Crippen LogP contribution is -2.35. The molecule has 3 aromatic rings. The van der Waals surface area contributed by atoms with Gasteiger partial charge in [-0.15, -0.1) is 0 Å². The summed E-state index contributed by atoms with van der Waals surface area (Å²) in [6, 6.07) is 11.2. The maximum Gasteiger partial charge on any atom is 0.266 e. The van der Waals surface area contributed by atoms with E-state index < -0.39 is 11.8 Å². The van der Waals surface area contributed by atoms with Gasteiger partial charge in [0.1, 0.15) is 5.75 Å². The summed E-state index contributed by atoms with van der Waals surface area (Å²) >= 11 is 0. The van der Waals surface area contributed by atoms with Gasteiger partial charge >= 0.3 is 0 Å². The quantitative estimate of drug-likeness (QED) is 0.596. The summed E-state index contributed by atoms with van der Waals surface area (Å²) in [5.74, 6) is -0.517. The molecule has 0 saturated carbocycles. The van der Waals surface area contributed by atoms with E-state index in [1.807, 2.05) is 24.6 Å². The number of nitrogens with zero attached hydrogens (tertiary/aromatic N) is 3. The number of benzene rings is 2. The molecule has 8 nitrogen and oxygen atoms in total. The van der Waals surface area contributed by atoms with Gasteiger partial charge in [0.05, 0.1) is 29.7 Å². The van der Waals surface area contributed by atoms with E-state index in [1.54, 1.807) is 42.9 Å². The summed E-state index contributed by atoms with van der Waals surface area (Å²) in [4.78, 5) is 43.5. The van der Waals surface area contributed by atoms with Crippen molar-refractivity contribution in [3.63, 3.8) is 0 Å². The molecule has 0 fully saturated rings. The molecule has 31 heavy (non-hydrogen) atoms. The van der Waals surface area contributed by atoms with Crippen molar-refractivity contribution in [3.05, 3.63) is 77.9 Å². The van der Waals surface area contributed by atoms with Crippen molar-refractivity contribution in [2.45, 2.75) is 26.4 Å². The maximum absolute atomic E-state index is 13.0. The number of carbonyl (C=O) groups is 3. The molecule has 0 spiro atoms. The summed E-state index contributed by atoms with van der Waals surface area (Å²) in [6.07, 6.45) is 5.17. The molecule has 0 bridgehead atoms. The van der Waals surface area contributed by atoms with E-state index >= 15 is 0 Å². The lowest BCUT2D eigenvalue weighted by molar-refractivity contribution is 0.0921. The highest BCUT2D eigenvalue weighted by Crippen LogP contribution is 2.30. The third-order valence-corrected chi connectivity index (χ3v) is 4.98. The van der Waals surface area contributed by atoms with Crippen molar-refractivity contribution in [2.75, 3.05) is 11.5 Å². The Morgan fingerprint density at radius 2 is 1.84 bits per heavy atom. The van der Waals surface area contributed by atoms with Gasteiger partial charge in [0.2, 0.25) is 0 Å². The van der Waals surface area contributed by atoms with Crippen molar-refractivity contribution in [1.29, 1.82) is 0 Å². The van der Waals surface area contributed by atoms with Crippen molar-refractivity contribution in [2.24, 2.45) is 0 Å². The highest BCUT2D eigenvalue weighted by atomic mass is 16.5. The van der Waals surface area contributed by atoms with Crippen LogP contribution in [0.25, 0.3) is 0 Å². The van der Waals surface area contributed by atoms with Gasteiger partial charge in [-0.3, -0.25) is 14.4 Å². The number of anilines is 1. The first-order valence-electron chi connectivity index (χ1n) is 10.00. The highest BCUT2D eigenvalue weighted by molar-refractivity contribution is 6.34. The minimum absolute atomic E-state index is 0.146. The van der Waals surface area contributed by atoms with Crippen LogP contribution >= 0.6 is 0 Å². The fourth-order valence-electron chi connectivity index (χ4n) is 3.54. The molecule has 2 heterocycles. The van der Waals surface area contributed by atoms with Gasteiger partial charge in [-0.25, -0.2) is 9.88 Å². The number of aromatic nitrogens is 2. The molecule has 0 aliphatic carbocycles. The second kappa shape index (κ2) is 8.43. The molecule has 1 aromatic heterocycles. The fourth-order valence-corrected chi connectivity index (χ4v) is 3.54. The van der Waals surface area contributed by atoms with Crippen LogP contribution in [0.4, 0.5) is 5.69 Å². The number of rotatable bonds is 7. The number of imidazole rings is 1. The Hall–Kier alpha value is -3.94.